The molecule has 26 heteroatoms. The number of nitrogens with zero attached hydrogens (tertiary/aromatic N) is 2. The second kappa shape index (κ2) is 31.5. The number of aliphatic hydroxyl groups is 5. The van der Waals surface area contributed by atoms with Crippen molar-refractivity contribution in [3.05, 3.63) is 72.8 Å². The number of methoxy groups -OCH3 is 4. The van der Waals surface area contributed by atoms with E-state index >= 15 is 0 Å². The van der Waals surface area contributed by atoms with Gasteiger partial charge in [-0.3, -0.25) is 9.59 Å². The third kappa shape index (κ3) is 21.0. The zero-order valence-electron chi connectivity index (χ0n) is 56.4. The molecule has 3 fully saturated rings. The van der Waals surface area contributed by atoms with Crippen molar-refractivity contribution in [2.24, 2.45) is 17.8 Å². The third-order valence-electron chi connectivity index (χ3n) is 18.7. The van der Waals surface area contributed by atoms with Gasteiger partial charge >= 0.3 is 39.0 Å². The van der Waals surface area contributed by atoms with Gasteiger partial charge in [0.05, 0.1) is 75.1 Å². The molecule has 0 spiro atoms. The molecule has 3 aromatic rings. The minimum absolute atomic E-state index is 0.0439. The van der Waals surface area contributed by atoms with Crippen molar-refractivity contribution in [2.75, 3.05) is 55.2 Å². The van der Waals surface area contributed by atoms with E-state index in [1.807, 2.05) is 69.2 Å². The van der Waals surface area contributed by atoms with E-state index in [2.05, 4.69) is 36.4 Å². The van der Waals surface area contributed by atoms with Crippen LogP contribution in [0.15, 0.2) is 72.8 Å². The number of ether oxygens (including phenoxy) is 9. The second-order valence-corrected chi connectivity index (χ2v) is 31.9. The van der Waals surface area contributed by atoms with Crippen LogP contribution in [0.2, 0.25) is 0 Å². The summed E-state index contributed by atoms with van der Waals surface area (Å²) >= 11 is 0. The molecule has 0 aliphatic carbocycles. The number of halogens is 6. The quantitative estimate of drug-likeness (QED) is 0.0289. The molecule has 3 aliphatic heterocycles. The van der Waals surface area contributed by atoms with E-state index in [9.17, 15) is 60.3 Å². The number of unbranched alkanes of at least 4 members (excludes halogenated alkanes) is 4. The monoisotopic (exact) mass is 1360 g/mol. The maximum atomic E-state index is 14.9. The third-order valence-corrected chi connectivity index (χ3v) is 23.2. The molecule has 18 nitrogen and oxygen atoms in total. The number of rotatable bonds is 21. The Morgan fingerprint density at radius 3 is 1.64 bits per heavy atom. The summed E-state index contributed by atoms with van der Waals surface area (Å²) in [7, 11) is -2.63. The van der Waals surface area contributed by atoms with Crippen LogP contribution in [0.5, 0.6) is 17.2 Å². The van der Waals surface area contributed by atoms with Crippen molar-refractivity contribution >= 4 is 42.9 Å². The Morgan fingerprint density at radius 2 is 1.18 bits per heavy atom. The molecule has 0 bridgehead atoms. The van der Waals surface area contributed by atoms with Crippen molar-refractivity contribution in [1.82, 2.24) is 9.80 Å². The van der Waals surface area contributed by atoms with Crippen LogP contribution < -0.4 is 30.1 Å². The second-order valence-electron chi connectivity index (χ2n) is 26.4. The van der Waals surface area contributed by atoms with Gasteiger partial charge in [-0.25, -0.2) is 0 Å². The first-order valence-corrected chi connectivity index (χ1v) is 35.8. The molecule has 92 heavy (non-hydrogen) atoms. The summed E-state index contributed by atoms with van der Waals surface area (Å²) in [5.41, 5.74) is -4.88. The van der Waals surface area contributed by atoms with Crippen LogP contribution in [0.4, 0.5) is 25.2 Å². The molecule has 6 rings (SSSR count). The number of benzene rings is 3. The Kier molecular flexibility index (Phi) is 26.9. The van der Waals surface area contributed by atoms with Crippen molar-refractivity contribution in [3.63, 3.8) is 0 Å². The average molecular weight is 1360 g/mol. The van der Waals surface area contributed by atoms with Gasteiger partial charge in [-0.15, -0.1) is 0 Å². The number of carbonyl (C=O) groups excluding carboxylic acids is 2. The minimum atomic E-state index is -10.7. The van der Waals surface area contributed by atoms with Gasteiger partial charge in [-0.05, 0) is 180 Å². The van der Waals surface area contributed by atoms with Gasteiger partial charge in [0.25, 0.3) is 0 Å². The molecule has 0 saturated carbocycles. The Balaban J connectivity index is 0.00000207. The molecule has 3 aromatic carbocycles. The van der Waals surface area contributed by atoms with Crippen LogP contribution >= 0.6 is 15.1 Å². The molecular formula is C66H104F6N2O16P2. The molecule has 3 saturated heterocycles. The fraction of sp³-hybridized carbons (Fsp3) is 0.697. The Labute approximate surface area is 540 Å². The summed E-state index contributed by atoms with van der Waals surface area (Å²) in [5, 5.41) is 64.5. The van der Waals surface area contributed by atoms with E-state index in [1.54, 1.807) is 74.7 Å². The van der Waals surface area contributed by atoms with Gasteiger partial charge in [0.15, 0.2) is 12.6 Å². The number of hydrogen-bond acceptors (Lipinski definition) is 17. The molecule has 18 atom stereocenters. The van der Waals surface area contributed by atoms with E-state index in [4.69, 9.17) is 42.6 Å². The van der Waals surface area contributed by atoms with Crippen LogP contribution in [-0.2, 0) is 38.0 Å². The van der Waals surface area contributed by atoms with Crippen LogP contribution in [0.1, 0.15) is 133 Å². The van der Waals surface area contributed by atoms with Gasteiger partial charge in [0.1, 0.15) is 70.4 Å². The molecule has 3 heterocycles. The Morgan fingerprint density at radius 1 is 0.707 bits per heavy atom. The van der Waals surface area contributed by atoms with Crippen molar-refractivity contribution in [1.29, 1.82) is 0 Å². The maximum absolute atomic E-state index is 14.9. The number of hydrogen-bond donors (Lipinski definition) is 5. The summed E-state index contributed by atoms with van der Waals surface area (Å²) in [5.74, 6) is -1.07. The normalized spacial score (nSPS) is 33.8. The molecule has 5 N–H and O–H groups in total. The van der Waals surface area contributed by atoms with Gasteiger partial charge in [0.2, 0.25) is 5.91 Å². The fourth-order valence-corrected chi connectivity index (χ4v) is 17.8. The zero-order valence-corrected chi connectivity index (χ0v) is 58.1. The van der Waals surface area contributed by atoms with Crippen molar-refractivity contribution < 1.29 is 103 Å². The van der Waals surface area contributed by atoms with Crippen molar-refractivity contribution in [2.45, 2.75) is 224 Å². The Bertz CT molecular complexity index is 2670. The van der Waals surface area contributed by atoms with Gasteiger partial charge in [-0.1, -0.05) is 33.6 Å². The number of likely N-dealkylation sites (N-methyl/N-ethyl adjacent to an activating group) is 1. The SMILES string of the molecule is CC[C@H]1OC(=O)[C@H](C)[C@@H](O[C@H]2C[C@@](C)(OC)[C@@H](O)[C@H](C)O2)[C@H](C)[C@@H](O[C@@H]2O[C@H](C)C[C@H](N(C)C)[C@H]2O)[C@](C)(O)C[C@@H](C)CN(C(=O)CCCCCCC[P+](c2ccc(OC)cc2)(c2ccc(OC)cc2)c2ccc(OC)cc2)[C@H](C)[C@@H](O)[C@]1(C)O.F[P-](F)(F)(F)(F)F. The first kappa shape index (κ1) is 78.7. The van der Waals surface area contributed by atoms with E-state index in [0.717, 1.165) is 49.1 Å². The molecule has 526 valence electrons. The van der Waals surface area contributed by atoms with Gasteiger partial charge in [-0.2, -0.15) is 0 Å². The predicted molar refractivity (Wildman–Crippen MR) is 344 cm³/mol. The topological polar surface area (TPSA) is 225 Å². The standard InChI is InChI=1S/C66H104N2O16P.F6P/c1-17-54-66(10,75)59(71)45(6)68(55(69)23-21-19-18-20-22-36-85(50-30-24-47(76-13)25-31-50,51-32-26-48(77-14)27-33-51)52-34-28-49(78-15)29-35-52)40-41(2)38-64(8,74)61(84-63-57(70)53(67(11)12)37-42(3)80-63)43(4)58(44(5)62(73)82-54)83-56-39-65(9,79-16)60(72)46(7)81-56;1-7(2,3,4,5)6/h24-35,41-46,53-54,56-61,63,70-72,74-75H,17-23,36-40H2,1-16H3;/q+1;-1/t41-,42-,43+,44-,45-,46+,53+,54-,56+,57-,58+,59-,60+,61-,63+,64-,65-,66-;/m1./s1. The number of amides is 1. The van der Waals surface area contributed by atoms with Crippen LogP contribution in [-0.4, -0.2) is 193 Å². The summed E-state index contributed by atoms with van der Waals surface area (Å²) in [6.45, 7) is 17.3. The first-order chi connectivity index (χ1) is 42.6. The molecule has 0 radical (unpaired) electrons. The van der Waals surface area contributed by atoms with Crippen molar-refractivity contribution in [3.8, 4) is 17.2 Å². The fourth-order valence-electron chi connectivity index (χ4n) is 13.5. The van der Waals surface area contributed by atoms with Crippen LogP contribution in [0.25, 0.3) is 0 Å². The van der Waals surface area contributed by atoms with E-state index in [1.165, 1.54) is 29.9 Å². The van der Waals surface area contributed by atoms with Crippen LogP contribution in [0, 0.1) is 17.8 Å². The first-order valence-electron chi connectivity index (χ1n) is 31.8. The van der Waals surface area contributed by atoms with E-state index in [-0.39, 0.29) is 50.3 Å². The average Bonchev–Trinajstić information content (AvgIpc) is 0.827. The predicted octanol–water partition coefficient (Wildman–Crippen LogP) is 10.5. The summed E-state index contributed by atoms with van der Waals surface area (Å²) in [6, 6.07) is 23.9. The van der Waals surface area contributed by atoms with Gasteiger partial charge < -0.3 is 78.0 Å². The molecule has 0 unspecified atom stereocenters. The summed E-state index contributed by atoms with van der Waals surface area (Å²) in [4.78, 5) is 33.1. The number of cyclic esters (lactones) is 1. The number of aliphatic hydroxyl groups excluding tert-OH is 3. The number of esters is 1. The summed E-state index contributed by atoms with van der Waals surface area (Å²) < 4.78 is 114. The van der Waals surface area contributed by atoms with Gasteiger partial charge in [0, 0.05) is 38.5 Å². The van der Waals surface area contributed by atoms with Crippen LogP contribution in [0.3, 0.4) is 0 Å². The van der Waals surface area contributed by atoms with E-state index in [0.29, 0.717) is 12.8 Å². The summed E-state index contributed by atoms with van der Waals surface area (Å²) in [6.07, 6.45) is -4.70. The Hall–Kier alpha value is -4.00. The molecular weight excluding hydrogens is 1250 g/mol. The molecule has 0 aromatic heterocycles. The van der Waals surface area contributed by atoms with E-state index < -0.39 is 117 Å². The molecule has 1 amide bonds. The number of carbonyl (C=O) groups is 2. The zero-order chi connectivity index (χ0) is 69.2. The molecule has 3 aliphatic rings.